The molecule has 1 aromatic heterocycles. The van der Waals surface area contributed by atoms with Gasteiger partial charge in [0, 0.05) is 24.7 Å². The second kappa shape index (κ2) is 7.17. The number of benzene rings is 2. The van der Waals surface area contributed by atoms with Gasteiger partial charge in [-0.2, -0.15) is 5.10 Å². The van der Waals surface area contributed by atoms with Gasteiger partial charge in [0.1, 0.15) is 29.0 Å². The van der Waals surface area contributed by atoms with Crippen LogP contribution in [0.3, 0.4) is 0 Å². The minimum absolute atomic E-state index is 0.0476. The van der Waals surface area contributed by atoms with E-state index in [0.717, 1.165) is 12.1 Å². The van der Waals surface area contributed by atoms with E-state index in [1.807, 2.05) is 4.90 Å². The van der Waals surface area contributed by atoms with Crippen LogP contribution in [0, 0.1) is 24.4 Å². The summed E-state index contributed by atoms with van der Waals surface area (Å²) in [7, 11) is 0. The van der Waals surface area contributed by atoms with Gasteiger partial charge in [0.25, 0.3) is 0 Å². The predicted octanol–water partition coefficient (Wildman–Crippen LogP) is 4.14. The monoisotopic (exact) mass is 413 g/mol. The maximum absolute atomic E-state index is 15.0. The molecular weight excluding hydrogens is 395 g/mol. The number of amidine groups is 1. The van der Waals surface area contributed by atoms with E-state index in [4.69, 9.17) is 4.74 Å². The number of anilines is 2. The van der Waals surface area contributed by atoms with Crippen molar-refractivity contribution in [2.24, 2.45) is 4.99 Å². The SMILES string of the molecule is Cc1n[nH]c2c1N=C(c1c(F)cccc1F)Nc1cc(F)c(N3CCOCC3)cc1-2. The van der Waals surface area contributed by atoms with E-state index in [9.17, 15) is 8.78 Å². The minimum atomic E-state index is -0.766. The zero-order chi connectivity index (χ0) is 20.8. The lowest BCUT2D eigenvalue weighted by molar-refractivity contribution is 0.122. The normalized spacial score (nSPS) is 15.7. The summed E-state index contributed by atoms with van der Waals surface area (Å²) in [5.74, 6) is -2.03. The summed E-state index contributed by atoms with van der Waals surface area (Å²) in [6.07, 6.45) is 0. The quantitative estimate of drug-likeness (QED) is 0.663. The van der Waals surface area contributed by atoms with Crippen LogP contribution in [0.15, 0.2) is 35.3 Å². The van der Waals surface area contributed by atoms with Crippen LogP contribution in [-0.2, 0) is 4.74 Å². The molecule has 3 aromatic rings. The Morgan fingerprint density at radius 2 is 1.77 bits per heavy atom. The van der Waals surface area contributed by atoms with Crippen LogP contribution in [0.4, 0.5) is 30.2 Å². The number of rotatable bonds is 2. The van der Waals surface area contributed by atoms with Crippen molar-refractivity contribution in [1.82, 2.24) is 10.2 Å². The number of nitrogens with zero attached hydrogens (tertiary/aromatic N) is 3. The third-order valence-electron chi connectivity index (χ3n) is 5.30. The molecule has 2 aliphatic heterocycles. The van der Waals surface area contributed by atoms with Gasteiger partial charge in [0.2, 0.25) is 0 Å². The molecule has 0 radical (unpaired) electrons. The number of hydrogen-bond donors (Lipinski definition) is 2. The van der Waals surface area contributed by atoms with Crippen molar-refractivity contribution in [1.29, 1.82) is 0 Å². The van der Waals surface area contributed by atoms with Gasteiger partial charge in [0.05, 0.1) is 41.5 Å². The largest absolute Gasteiger partial charge is 0.378 e. The van der Waals surface area contributed by atoms with Crippen molar-refractivity contribution >= 4 is 22.9 Å². The highest BCUT2D eigenvalue weighted by Gasteiger charge is 2.27. The van der Waals surface area contributed by atoms with E-state index in [0.29, 0.717) is 60.3 Å². The smallest absolute Gasteiger partial charge is 0.148 e. The number of hydrogen-bond acceptors (Lipinski definition) is 5. The minimum Gasteiger partial charge on any atom is -0.378 e. The number of aromatic amines is 1. The Hall–Kier alpha value is -3.33. The fraction of sp³-hybridized carbons (Fsp3) is 0.238. The molecule has 2 aliphatic rings. The molecule has 2 N–H and O–H groups in total. The fourth-order valence-electron chi connectivity index (χ4n) is 3.78. The highest BCUT2D eigenvalue weighted by molar-refractivity contribution is 6.13. The van der Waals surface area contributed by atoms with Crippen LogP contribution in [0.2, 0.25) is 0 Å². The number of aromatic nitrogens is 2. The summed E-state index contributed by atoms with van der Waals surface area (Å²) >= 11 is 0. The first kappa shape index (κ1) is 18.7. The second-order valence-corrected chi connectivity index (χ2v) is 7.16. The number of H-pyrrole nitrogens is 1. The second-order valence-electron chi connectivity index (χ2n) is 7.16. The maximum Gasteiger partial charge on any atom is 0.148 e. The average Bonchev–Trinajstić information content (AvgIpc) is 3.00. The van der Waals surface area contributed by atoms with Gasteiger partial charge in [-0.25, -0.2) is 18.2 Å². The molecule has 0 spiro atoms. The number of nitrogens with one attached hydrogen (secondary N) is 2. The van der Waals surface area contributed by atoms with Crippen molar-refractivity contribution in [3.8, 4) is 11.3 Å². The van der Waals surface area contributed by atoms with Crippen LogP contribution >= 0.6 is 0 Å². The molecule has 0 atom stereocenters. The molecule has 1 saturated heterocycles. The van der Waals surface area contributed by atoms with Gasteiger partial charge >= 0.3 is 0 Å². The summed E-state index contributed by atoms with van der Waals surface area (Å²) in [6.45, 7) is 3.91. The Labute approximate surface area is 170 Å². The zero-order valence-electron chi connectivity index (χ0n) is 16.1. The standard InChI is InChI=1S/C21H18F3N5O/c1-11-19-20(28-27-11)12-9-17(29-5-7-30-8-6-29)15(24)10-16(12)25-21(26-19)18-13(22)3-2-4-14(18)23/h2-4,9-10H,5-8H2,1H3,(H,25,26)(H,27,28). The number of halogens is 3. The molecule has 9 heteroatoms. The molecular formula is C21H18F3N5O. The van der Waals surface area contributed by atoms with Crippen LogP contribution in [0.1, 0.15) is 11.3 Å². The van der Waals surface area contributed by atoms with E-state index in [1.165, 1.54) is 12.1 Å². The number of ether oxygens (including phenoxy) is 1. The topological polar surface area (TPSA) is 65.5 Å². The van der Waals surface area contributed by atoms with E-state index < -0.39 is 17.5 Å². The van der Waals surface area contributed by atoms with E-state index >= 15 is 4.39 Å². The molecule has 3 heterocycles. The Kier molecular flexibility index (Phi) is 4.47. The van der Waals surface area contributed by atoms with Gasteiger partial charge in [-0.15, -0.1) is 0 Å². The Bertz CT molecular complexity index is 1150. The van der Waals surface area contributed by atoms with Gasteiger partial charge in [-0.05, 0) is 25.1 Å². The van der Waals surface area contributed by atoms with Crippen LogP contribution in [0.25, 0.3) is 11.3 Å². The predicted molar refractivity (Wildman–Crippen MR) is 108 cm³/mol. The van der Waals surface area contributed by atoms with E-state index in [2.05, 4.69) is 20.5 Å². The third-order valence-corrected chi connectivity index (χ3v) is 5.30. The lowest BCUT2D eigenvalue weighted by atomic mass is 10.1. The Balaban J connectivity index is 1.69. The van der Waals surface area contributed by atoms with Crippen LogP contribution in [-0.4, -0.2) is 42.3 Å². The summed E-state index contributed by atoms with van der Waals surface area (Å²) in [5.41, 5.74) is 2.63. The zero-order valence-corrected chi connectivity index (χ0v) is 16.1. The molecule has 154 valence electrons. The molecule has 0 aliphatic carbocycles. The number of aliphatic imine (C=N–C) groups is 1. The molecule has 6 nitrogen and oxygen atoms in total. The van der Waals surface area contributed by atoms with Crippen molar-refractivity contribution in [2.45, 2.75) is 6.92 Å². The first-order valence-electron chi connectivity index (χ1n) is 9.54. The third kappa shape index (κ3) is 3.02. The van der Waals surface area contributed by atoms with Gasteiger partial charge in [-0.1, -0.05) is 6.07 Å². The lowest BCUT2D eigenvalue weighted by Crippen LogP contribution is -2.36. The highest BCUT2D eigenvalue weighted by Crippen LogP contribution is 2.42. The number of fused-ring (bicyclic) bond motifs is 3. The summed E-state index contributed by atoms with van der Waals surface area (Å²) in [5, 5.41) is 10.1. The van der Waals surface area contributed by atoms with Crippen molar-refractivity contribution in [2.75, 3.05) is 36.5 Å². The van der Waals surface area contributed by atoms with Crippen molar-refractivity contribution in [3.63, 3.8) is 0 Å². The van der Waals surface area contributed by atoms with Crippen LogP contribution < -0.4 is 10.2 Å². The van der Waals surface area contributed by atoms with Crippen molar-refractivity contribution in [3.05, 3.63) is 59.0 Å². The number of morpholine rings is 1. The van der Waals surface area contributed by atoms with E-state index in [-0.39, 0.29) is 11.4 Å². The number of aryl methyl sites for hydroxylation is 1. The Morgan fingerprint density at radius 3 is 2.50 bits per heavy atom. The molecule has 0 amide bonds. The van der Waals surface area contributed by atoms with Gasteiger partial charge < -0.3 is 15.0 Å². The molecule has 2 aromatic carbocycles. The maximum atomic E-state index is 15.0. The summed E-state index contributed by atoms with van der Waals surface area (Å²) < 4.78 is 49.3. The fourth-order valence-corrected chi connectivity index (χ4v) is 3.78. The van der Waals surface area contributed by atoms with Gasteiger partial charge in [-0.3, -0.25) is 5.10 Å². The summed E-state index contributed by atoms with van der Waals surface area (Å²) in [4.78, 5) is 6.36. The van der Waals surface area contributed by atoms with Crippen LogP contribution in [0.5, 0.6) is 0 Å². The first-order chi connectivity index (χ1) is 14.5. The highest BCUT2D eigenvalue weighted by atomic mass is 19.1. The Morgan fingerprint density at radius 1 is 1.03 bits per heavy atom. The molecule has 0 unspecified atom stereocenters. The molecule has 0 bridgehead atoms. The van der Waals surface area contributed by atoms with E-state index in [1.54, 1.807) is 13.0 Å². The molecule has 1 fully saturated rings. The summed E-state index contributed by atoms with van der Waals surface area (Å²) in [6, 6.07) is 6.61. The molecule has 0 saturated carbocycles. The first-order valence-corrected chi connectivity index (χ1v) is 9.54. The lowest BCUT2D eigenvalue weighted by Gasteiger charge is -2.29. The molecule has 5 rings (SSSR count). The molecule has 30 heavy (non-hydrogen) atoms. The van der Waals surface area contributed by atoms with Crippen molar-refractivity contribution < 1.29 is 17.9 Å². The van der Waals surface area contributed by atoms with Gasteiger partial charge in [0.15, 0.2) is 0 Å². The average molecular weight is 413 g/mol.